The van der Waals surface area contributed by atoms with E-state index in [0.29, 0.717) is 43.1 Å². The molecular formula is C23H24F2N2O3S. The highest BCUT2D eigenvalue weighted by Gasteiger charge is 2.38. The quantitative estimate of drug-likeness (QED) is 0.712. The van der Waals surface area contributed by atoms with Crippen LogP contribution >= 0.6 is 11.8 Å². The van der Waals surface area contributed by atoms with Crippen LogP contribution in [-0.4, -0.2) is 49.2 Å². The van der Waals surface area contributed by atoms with Crippen molar-refractivity contribution in [1.29, 1.82) is 0 Å². The van der Waals surface area contributed by atoms with E-state index in [1.54, 1.807) is 29.0 Å². The van der Waals surface area contributed by atoms with E-state index in [0.717, 1.165) is 17.8 Å². The highest BCUT2D eigenvalue weighted by Crippen LogP contribution is 2.37. The van der Waals surface area contributed by atoms with Gasteiger partial charge in [-0.1, -0.05) is 0 Å². The first-order valence-corrected chi connectivity index (χ1v) is 11.3. The fourth-order valence-corrected chi connectivity index (χ4v) is 5.39. The summed E-state index contributed by atoms with van der Waals surface area (Å²) in [6.07, 6.45) is 0.718. The highest BCUT2D eigenvalue weighted by molar-refractivity contribution is 7.99. The van der Waals surface area contributed by atoms with Crippen molar-refractivity contribution in [3.8, 4) is 5.75 Å². The number of ether oxygens (including phenoxy) is 1. The molecular weight excluding hydrogens is 422 g/mol. The molecule has 0 radical (unpaired) electrons. The number of halogens is 2. The minimum atomic E-state index is -0.461. The molecule has 8 heteroatoms. The average Bonchev–Trinajstić information content (AvgIpc) is 3.00. The predicted molar refractivity (Wildman–Crippen MR) is 116 cm³/mol. The lowest BCUT2D eigenvalue weighted by Crippen LogP contribution is -2.38. The monoisotopic (exact) mass is 446 g/mol. The van der Waals surface area contributed by atoms with Crippen LogP contribution < -0.4 is 9.64 Å². The Morgan fingerprint density at radius 1 is 1.13 bits per heavy atom. The number of benzene rings is 2. The molecule has 0 bridgehead atoms. The van der Waals surface area contributed by atoms with Gasteiger partial charge in [0.15, 0.2) is 0 Å². The molecule has 2 fully saturated rings. The van der Waals surface area contributed by atoms with Crippen LogP contribution in [0, 0.1) is 17.6 Å². The number of rotatable bonds is 4. The van der Waals surface area contributed by atoms with E-state index in [1.165, 1.54) is 17.8 Å². The van der Waals surface area contributed by atoms with Gasteiger partial charge in [0.1, 0.15) is 17.4 Å². The molecule has 2 heterocycles. The number of hydrogen-bond donors (Lipinski definition) is 0. The molecule has 0 spiro atoms. The zero-order chi connectivity index (χ0) is 22.0. The molecule has 2 unspecified atom stereocenters. The smallest absolute Gasteiger partial charge is 0.228 e. The molecule has 5 nitrogen and oxygen atoms in total. The molecule has 2 atom stereocenters. The maximum absolute atomic E-state index is 14.2. The summed E-state index contributed by atoms with van der Waals surface area (Å²) in [5, 5.41) is -0.200. The van der Waals surface area contributed by atoms with Gasteiger partial charge in [-0.3, -0.25) is 9.59 Å². The summed E-state index contributed by atoms with van der Waals surface area (Å²) in [7, 11) is 1.58. The summed E-state index contributed by atoms with van der Waals surface area (Å²) in [5.74, 6) is -0.0727. The fourth-order valence-electron chi connectivity index (χ4n) is 4.14. The fraction of sp³-hybridized carbons (Fsp3) is 0.391. The number of hydrogen-bond acceptors (Lipinski definition) is 4. The van der Waals surface area contributed by atoms with Gasteiger partial charge in [-0.25, -0.2) is 8.78 Å². The second-order valence-corrected chi connectivity index (χ2v) is 9.05. The van der Waals surface area contributed by atoms with Crippen LogP contribution in [0.15, 0.2) is 42.5 Å². The normalized spacial score (nSPS) is 21.8. The molecule has 0 saturated carbocycles. The second kappa shape index (κ2) is 9.26. The van der Waals surface area contributed by atoms with E-state index in [2.05, 4.69) is 0 Å². The molecule has 31 heavy (non-hydrogen) atoms. The number of carbonyl (C=O) groups is 2. The minimum absolute atomic E-state index is 0.0506. The first-order valence-electron chi connectivity index (χ1n) is 10.3. The highest BCUT2D eigenvalue weighted by atomic mass is 32.2. The summed E-state index contributed by atoms with van der Waals surface area (Å²) >= 11 is 1.54. The van der Waals surface area contributed by atoms with Crippen LogP contribution in [0.25, 0.3) is 0 Å². The summed E-state index contributed by atoms with van der Waals surface area (Å²) in [6, 6.07) is 10.7. The van der Waals surface area contributed by atoms with Gasteiger partial charge in [-0.05, 0) is 48.9 Å². The Kier molecular flexibility index (Phi) is 6.46. The lowest BCUT2D eigenvalue weighted by Gasteiger charge is -2.24. The number of amides is 2. The van der Waals surface area contributed by atoms with E-state index < -0.39 is 17.6 Å². The lowest BCUT2D eigenvalue weighted by atomic mass is 10.1. The van der Waals surface area contributed by atoms with Gasteiger partial charge in [-0.15, -0.1) is 0 Å². The Morgan fingerprint density at radius 2 is 1.90 bits per heavy atom. The van der Waals surface area contributed by atoms with Gasteiger partial charge in [0.25, 0.3) is 0 Å². The van der Waals surface area contributed by atoms with Crippen LogP contribution in [-0.2, 0) is 9.59 Å². The molecule has 2 saturated heterocycles. The first-order chi connectivity index (χ1) is 15.0. The van der Waals surface area contributed by atoms with E-state index in [-0.39, 0.29) is 23.5 Å². The molecule has 0 N–H and O–H groups in total. The SMILES string of the molecule is COc1ccc(N2CC(C(=O)N3CCSC(c4cc(F)ccc4F)CC3)CC2=O)cc1. The summed E-state index contributed by atoms with van der Waals surface area (Å²) in [5.41, 5.74) is 1.09. The largest absolute Gasteiger partial charge is 0.497 e. The third-order valence-corrected chi connectivity index (χ3v) is 7.13. The zero-order valence-corrected chi connectivity index (χ0v) is 18.0. The maximum Gasteiger partial charge on any atom is 0.228 e. The third kappa shape index (κ3) is 4.69. The van der Waals surface area contributed by atoms with Crippen LogP contribution in [0.3, 0.4) is 0 Å². The molecule has 0 aromatic heterocycles. The van der Waals surface area contributed by atoms with E-state index in [9.17, 15) is 18.4 Å². The van der Waals surface area contributed by atoms with Crippen molar-refractivity contribution in [1.82, 2.24) is 4.90 Å². The van der Waals surface area contributed by atoms with Crippen LogP contribution in [0.1, 0.15) is 23.7 Å². The van der Waals surface area contributed by atoms with Gasteiger partial charge in [0.05, 0.1) is 13.0 Å². The molecule has 2 aromatic carbocycles. The van der Waals surface area contributed by atoms with Crippen molar-refractivity contribution >= 4 is 29.3 Å². The van der Waals surface area contributed by atoms with Crippen LogP contribution in [0.4, 0.5) is 14.5 Å². The summed E-state index contributed by atoms with van der Waals surface area (Å²) in [4.78, 5) is 29.1. The molecule has 164 valence electrons. The van der Waals surface area contributed by atoms with E-state index in [4.69, 9.17) is 4.74 Å². The Balaban J connectivity index is 1.40. The van der Waals surface area contributed by atoms with Gasteiger partial charge in [0.2, 0.25) is 11.8 Å². The van der Waals surface area contributed by atoms with Crippen molar-refractivity contribution < 1.29 is 23.1 Å². The van der Waals surface area contributed by atoms with Crippen molar-refractivity contribution in [2.75, 3.05) is 37.4 Å². The average molecular weight is 447 g/mol. The standard InChI is InChI=1S/C23H24F2N2O3S/c1-30-18-5-3-17(4-6-18)27-14-15(12-22(27)28)23(29)26-9-8-21(31-11-10-26)19-13-16(24)2-7-20(19)25/h2-7,13,15,21H,8-12,14H2,1H3. The van der Waals surface area contributed by atoms with Gasteiger partial charge in [0, 0.05) is 48.3 Å². The first kappa shape index (κ1) is 21.6. The van der Waals surface area contributed by atoms with Gasteiger partial charge >= 0.3 is 0 Å². The number of methoxy groups -OCH3 is 1. The molecule has 4 rings (SSSR count). The zero-order valence-electron chi connectivity index (χ0n) is 17.2. The number of anilines is 1. The Labute approximate surface area is 184 Å². The predicted octanol–water partition coefficient (Wildman–Crippen LogP) is 4.03. The Morgan fingerprint density at radius 3 is 2.65 bits per heavy atom. The van der Waals surface area contributed by atoms with Crippen LogP contribution in [0.2, 0.25) is 0 Å². The molecule has 2 aliphatic heterocycles. The minimum Gasteiger partial charge on any atom is -0.497 e. The number of thioether (sulfide) groups is 1. The topological polar surface area (TPSA) is 49.9 Å². The molecule has 2 aliphatic rings. The van der Waals surface area contributed by atoms with Crippen LogP contribution in [0.5, 0.6) is 5.75 Å². The van der Waals surface area contributed by atoms with Crippen molar-refractivity contribution in [2.24, 2.45) is 5.92 Å². The Hall–Kier alpha value is -2.61. The van der Waals surface area contributed by atoms with E-state index >= 15 is 0 Å². The molecule has 0 aliphatic carbocycles. The second-order valence-electron chi connectivity index (χ2n) is 7.74. The lowest BCUT2D eigenvalue weighted by molar-refractivity contribution is -0.135. The number of carbonyl (C=O) groups excluding carboxylic acids is 2. The summed E-state index contributed by atoms with van der Waals surface area (Å²) < 4.78 is 32.9. The van der Waals surface area contributed by atoms with Gasteiger partial charge < -0.3 is 14.5 Å². The van der Waals surface area contributed by atoms with Crippen molar-refractivity contribution in [3.05, 3.63) is 59.7 Å². The van der Waals surface area contributed by atoms with Gasteiger partial charge in [-0.2, -0.15) is 11.8 Å². The summed E-state index contributed by atoms with van der Waals surface area (Å²) in [6.45, 7) is 1.33. The van der Waals surface area contributed by atoms with E-state index in [1.807, 2.05) is 12.1 Å². The number of nitrogens with zero attached hydrogens (tertiary/aromatic N) is 2. The van der Waals surface area contributed by atoms with Crippen molar-refractivity contribution in [2.45, 2.75) is 18.1 Å². The third-order valence-electron chi connectivity index (χ3n) is 5.82. The molecule has 2 aromatic rings. The Bertz CT molecular complexity index is 970. The maximum atomic E-state index is 14.2. The van der Waals surface area contributed by atoms with Crippen molar-refractivity contribution in [3.63, 3.8) is 0 Å². The molecule has 2 amide bonds.